The van der Waals surface area contributed by atoms with E-state index in [0.29, 0.717) is 41.9 Å². The summed E-state index contributed by atoms with van der Waals surface area (Å²) in [7, 11) is 0. The quantitative estimate of drug-likeness (QED) is 0.402. The van der Waals surface area contributed by atoms with Crippen LogP contribution in [0.25, 0.3) is 32.8 Å². The van der Waals surface area contributed by atoms with Gasteiger partial charge >= 0.3 is 12.0 Å². The molecular formula is C26H23FN4O4. The number of phenolic OH excluding ortho intramolecular Hbond substituents is 1. The minimum atomic E-state index is -1.17. The van der Waals surface area contributed by atoms with Crippen LogP contribution < -0.4 is 15.0 Å². The minimum Gasteiger partial charge on any atom is -0.508 e. The van der Waals surface area contributed by atoms with Gasteiger partial charge in [-0.05, 0) is 47.4 Å². The molecule has 9 heteroatoms. The van der Waals surface area contributed by atoms with Crippen LogP contribution in [0.4, 0.5) is 10.2 Å². The molecule has 2 fully saturated rings. The van der Waals surface area contributed by atoms with Gasteiger partial charge in [0.1, 0.15) is 17.1 Å². The molecule has 3 aromatic carbocycles. The van der Waals surface area contributed by atoms with Crippen LogP contribution in [-0.4, -0.2) is 57.9 Å². The lowest BCUT2D eigenvalue weighted by molar-refractivity contribution is -0.139. The first-order valence-corrected chi connectivity index (χ1v) is 11.5. The molecule has 0 aliphatic carbocycles. The zero-order chi connectivity index (χ0) is 24.1. The van der Waals surface area contributed by atoms with E-state index in [1.54, 1.807) is 18.2 Å². The van der Waals surface area contributed by atoms with E-state index >= 15 is 4.39 Å². The average Bonchev–Trinajstić information content (AvgIpc) is 3.19. The SMILES string of the molecule is O=C(O)COc1nc(N2C[C@H]3CC[C@@H](C2)N3)c2ccc(-c3cc(O)cc4ccccc34)c(F)c2n1. The second-order valence-corrected chi connectivity index (χ2v) is 9.09. The van der Waals surface area contributed by atoms with Crippen molar-refractivity contribution in [3.63, 3.8) is 0 Å². The van der Waals surface area contributed by atoms with Crippen molar-refractivity contribution >= 4 is 33.5 Å². The fourth-order valence-corrected chi connectivity index (χ4v) is 5.25. The monoisotopic (exact) mass is 474 g/mol. The maximum Gasteiger partial charge on any atom is 0.341 e. The van der Waals surface area contributed by atoms with Crippen molar-refractivity contribution < 1.29 is 24.1 Å². The summed E-state index contributed by atoms with van der Waals surface area (Å²) in [5.41, 5.74) is 0.860. The van der Waals surface area contributed by atoms with E-state index < -0.39 is 18.4 Å². The van der Waals surface area contributed by atoms with E-state index in [0.717, 1.165) is 23.6 Å². The number of aromatic hydroxyl groups is 1. The second kappa shape index (κ2) is 8.35. The topological polar surface area (TPSA) is 108 Å². The summed E-state index contributed by atoms with van der Waals surface area (Å²) in [4.78, 5) is 21.9. The molecule has 2 bridgehead atoms. The molecule has 1 aromatic heterocycles. The summed E-state index contributed by atoms with van der Waals surface area (Å²) in [6.07, 6.45) is 2.13. The Morgan fingerprint density at radius 3 is 2.60 bits per heavy atom. The van der Waals surface area contributed by atoms with Crippen LogP contribution in [0.3, 0.4) is 0 Å². The molecule has 0 saturated carbocycles. The number of fused-ring (bicyclic) bond motifs is 4. The molecule has 3 heterocycles. The van der Waals surface area contributed by atoms with Gasteiger partial charge in [-0.25, -0.2) is 9.18 Å². The van der Waals surface area contributed by atoms with Crippen LogP contribution >= 0.6 is 0 Å². The number of piperazine rings is 1. The first kappa shape index (κ1) is 21.5. The Morgan fingerprint density at radius 1 is 1.06 bits per heavy atom. The maximum absolute atomic E-state index is 16.1. The number of carbonyl (C=O) groups is 1. The van der Waals surface area contributed by atoms with Crippen LogP contribution in [0, 0.1) is 5.82 Å². The number of ether oxygens (including phenoxy) is 1. The van der Waals surface area contributed by atoms with Crippen LogP contribution in [0.2, 0.25) is 0 Å². The lowest BCUT2D eigenvalue weighted by atomic mass is 9.96. The summed E-state index contributed by atoms with van der Waals surface area (Å²) in [6, 6.07) is 14.5. The van der Waals surface area contributed by atoms with E-state index in [1.165, 1.54) is 6.07 Å². The molecule has 0 amide bonds. The molecule has 2 atom stereocenters. The molecule has 178 valence electrons. The Labute approximate surface area is 200 Å². The number of anilines is 1. The highest BCUT2D eigenvalue weighted by molar-refractivity contribution is 6.01. The lowest BCUT2D eigenvalue weighted by Crippen LogP contribution is -2.51. The standard InChI is InChI=1S/C26H23FN4O4/c27-23-19(21-10-17(32)9-14-3-1-2-4-18(14)21)7-8-20-24(23)29-26(35-13-22(33)34)30-25(20)31-11-15-5-6-16(12-31)28-15/h1-4,7-10,15-16,28,32H,5-6,11-13H2,(H,33,34)/t15-,16+. The molecule has 6 rings (SSSR count). The number of phenols is 1. The third-order valence-corrected chi connectivity index (χ3v) is 6.74. The molecule has 2 saturated heterocycles. The molecule has 2 aliphatic heterocycles. The van der Waals surface area contributed by atoms with E-state index in [9.17, 15) is 9.90 Å². The van der Waals surface area contributed by atoms with Gasteiger partial charge in [-0.15, -0.1) is 0 Å². The van der Waals surface area contributed by atoms with E-state index in [4.69, 9.17) is 9.84 Å². The van der Waals surface area contributed by atoms with Crippen molar-refractivity contribution in [3.05, 3.63) is 54.3 Å². The van der Waals surface area contributed by atoms with Crippen LogP contribution in [-0.2, 0) is 4.79 Å². The summed E-state index contributed by atoms with van der Waals surface area (Å²) in [5, 5.41) is 25.0. The summed E-state index contributed by atoms with van der Waals surface area (Å²) >= 11 is 0. The molecule has 8 nitrogen and oxygen atoms in total. The van der Waals surface area contributed by atoms with Gasteiger partial charge in [0, 0.05) is 36.1 Å². The molecule has 35 heavy (non-hydrogen) atoms. The highest BCUT2D eigenvalue weighted by atomic mass is 19.1. The van der Waals surface area contributed by atoms with Crippen molar-refractivity contribution in [1.82, 2.24) is 15.3 Å². The van der Waals surface area contributed by atoms with E-state index in [-0.39, 0.29) is 22.8 Å². The predicted octanol–water partition coefficient (Wildman–Crippen LogP) is 3.70. The minimum absolute atomic E-state index is 0.0309. The normalized spacial score (nSPS) is 19.4. The number of benzene rings is 3. The van der Waals surface area contributed by atoms with Crippen molar-refractivity contribution in [2.75, 3.05) is 24.6 Å². The number of aromatic nitrogens is 2. The first-order valence-electron chi connectivity index (χ1n) is 11.5. The fraction of sp³-hybridized carbons (Fsp3) is 0.269. The van der Waals surface area contributed by atoms with Gasteiger partial charge in [0.15, 0.2) is 12.4 Å². The van der Waals surface area contributed by atoms with Gasteiger partial charge in [0.2, 0.25) is 0 Å². The number of hydrogen-bond acceptors (Lipinski definition) is 7. The number of carboxylic acid groups (broad SMARTS) is 1. The van der Waals surface area contributed by atoms with Gasteiger partial charge in [0.25, 0.3) is 0 Å². The molecular weight excluding hydrogens is 451 g/mol. The van der Waals surface area contributed by atoms with Crippen LogP contribution in [0.1, 0.15) is 12.8 Å². The fourth-order valence-electron chi connectivity index (χ4n) is 5.25. The predicted molar refractivity (Wildman–Crippen MR) is 129 cm³/mol. The zero-order valence-electron chi connectivity index (χ0n) is 18.7. The molecule has 4 aromatic rings. The van der Waals surface area contributed by atoms with Crippen molar-refractivity contribution in [2.45, 2.75) is 24.9 Å². The van der Waals surface area contributed by atoms with Gasteiger partial charge in [-0.1, -0.05) is 30.3 Å². The third kappa shape index (κ3) is 3.87. The summed E-state index contributed by atoms with van der Waals surface area (Å²) < 4.78 is 21.4. The van der Waals surface area contributed by atoms with Crippen LogP contribution in [0.15, 0.2) is 48.5 Å². The number of carboxylic acids is 1. The Bertz CT molecular complexity index is 1470. The van der Waals surface area contributed by atoms with E-state index in [2.05, 4.69) is 20.2 Å². The summed E-state index contributed by atoms with van der Waals surface area (Å²) in [6.45, 7) is 0.791. The number of nitrogens with one attached hydrogen (secondary N) is 1. The number of hydrogen-bond donors (Lipinski definition) is 3. The smallest absolute Gasteiger partial charge is 0.341 e. The Kier molecular flexibility index (Phi) is 5.14. The molecule has 0 spiro atoms. The number of nitrogens with zero attached hydrogens (tertiary/aromatic N) is 3. The number of halogens is 1. The Morgan fingerprint density at radius 2 is 1.83 bits per heavy atom. The molecule has 0 radical (unpaired) electrons. The maximum atomic E-state index is 16.1. The highest BCUT2D eigenvalue weighted by Crippen LogP contribution is 2.38. The van der Waals surface area contributed by atoms with Gasteiger partial charge in [0.05, 0.1) is 0 Å². The second-order valence-electron chi connectivity index (χ2n) is 9.09. The molecule has 2 aliphatic rings. The van der Waals surface area contributed by atoms with Gasteiger partial charge < -0.3 is 25.2 Å². The Balaban J connectivity index is 1.54. The van der Waals surface area contributed by atoms with Crippen molar-refractivity contribution in [1.29, 1.82) is 0 Å². The number of aliphatic carboxylic acids is 1. The van der Waals surface area contributed by atoms with E-state index in [1.807, 2.05) is 24.3 Å². The van der Waals surface area contributed by atoms with Crippen LogP contribution in [0.5, 0.6) is 11.8 Å². The summed E-state index contributed by atoms with van der Waals surface area (Å²) in [5.74, 6) is -1.19. The molecule has 3 N–H and O–H groups in total. The largest absolute Gasteiger partial charge is 0.508 e. The van der Waals surface area contributed by atoms with Gasteiger partial charge in [-0.3, -0.25) is 0 Å². The average molecular weight is 474 g/mol. The van der Waals surface area contributed by atoms with Crippen molar-refractivity contribution in [2.24, 2.45) is 0 Å². The molecule has 0 unspecified atom stereocenters. The number of rotatable bonds is 5. The first-order chi connectivity index (χ1) is 17.0. The Hall–Kier alpha value is -3.98. The lowest BCUT2D eigenvalue weighted by Gasteiger charge is -2.34. The zero-order valence-corrected chi connectivity index (χ0v) is 18.7. The van der Waals surface area contributed by atoms with Gasteiger partial charge in [-0.2, -0.15) is 9.97 Å². The highest BCUT2D eigenvalue weighted by Gasteiger charge is 2.34. The third-order valence-electron chi connectivity index (χ3n) is 6.74. The van der Waals surface area contributed by atoms with Crippen molar-refractivity contribution in [3.8, 4) is 22.9 Å².